The number of nitrogens with one attached hydrogen (secondary N) is 3. The van der Waals surface area contributed by atoms with Crippen LogP contribution in [0.5, 0.6) is 0 Å². The molecule has 21 heavy (non-hydrogen) atoms. The molecule has 3 atom stereocenters. The number of piperidine rings is 1. The fourth-order valence-electron chi connectivity index (χ4n) is 3.36. The Morgan fingerprint density at radius 1 is 1.29 bits per heavy atom. The van der Waals surface area contributed by atoms with Crippen LogP contribution < -0.4 is 10.6 Å². The van der Waals surface area contributed by atoms with Gasteiger partial charge in [-0.2, -0.15) is 5.10 Å². The van der Waals surface area contributed by atoms with Gasteiger partial charge >= 0.3 is 0 Å². The second-order valence-electron chi connectivity index (χ2n) is 5.75. The Morgan fingerprint density at radius 2 is 2.05 bits per heavy atom. The molecule has 0 radical (unpaired) electrons. The maximum absolute atomic E-state index is 12.3. The number of H-pyrrole nitrogens is 1. The van der Waals surface area contributed by atoms with E-state index in [9.17, 15) is 4.79 Å². The zero-order chi connectivity index (χ0) is 14.2. The molecule has 108 valence electrons. The molecule has 0 aromatic carbocycles. The number of aromatic nitrogens is 3. The van der Waals surface area contributed by atoms with E-state index in [4.69, 9.17) is 0 Å². The first-order valence-corrected chi connectivity index (χ1v) is 7.27. The number of rotatable bonds is 4. The SMILES string of the molecule is O=C(NCC1[C@H]2CNC[C@@H]12)c1[nH]ncc1-c1ccncc1. The summed E-state index contributed by atoms with van der Waals surface area (Å²) < 4.78 is 0. The number of hydrogen-bond donors (Lipinski definition) is 3. The Balaban J connectivity index is 1.44. The molecule has 1 saturated heterocycles. The van der Waals surface area contributed by atoms with Gasteiger partial charge in [-0.3, -0.25) is 14.9 Å². The van der Waals surface area contributed by atoms with Crippen molar-refractivity contribution in [1.82, 2.24) is 25.8 Å². The average Bonchev–Trinajstić information content (AvgIpc) is 2.95. The van der Waals surface area contributed by atoms with E-state index in [2.05, 4.69) is 25.8 Å². The van der Waals surface area contributed by atoms with E-state index in [-0.39, 0.29) is 5.91 Å². The molecular weight excluding hydrogens is 266 g/mol. The Morgan fingerprint density at radius 3 is 2.81 bits per heavy atom. The highest BCUT2D eigenvalue weighted by atomic mass is 16.1. The van der Waals surface area contributed by atoms with Crippen molar-refractivity contribution in [2.24, 2.45) is 17.8 Å². The molecule has 2 aromatic heterocycles. The van der Waals surface area contributed by atoms with E-state index in [1.54, 1.807) is 18.6 Å². The van der Waals surface area contributed by atoms with Crippen LogP contribution in [0.15, 0.2) is 30.7 Å². The predicted molar refractivity (Wildman–Crippen MR) is 77.5 cm³/mol. The van der Waals surface area contributed by atoms with Crippen molar-refractivity contribution in [1.29, 1.82) is 0 Å². The summed E-state index contributed by atoms with van der Waals surface area (Å²) in [5.74, 6) is 2.07. The molecule has 1 saturated carbocycles. The zero-order valence-electron chi connectivity index (χ0n) is 11.5. The largest absolute Gasteiger partial charge is 0.350 e. The average molecular weight is 283 g/mol. The fraction of sp³-hybridized carbons (Fsp3) is 0.400. The highest BCUT2D eigenvalue weighted by Gasteiger charge is 2.52. The van der Waals surface area contributed by atoms with E-state index in [0.717, 1.165) is 42.6 Å². The van der Waals surface area contributed by atoms with Gasteiger partial charge in [0.1, 0.15) is 5.69 Å². The number of nitrogens with zero attached hydrogens (tertiary/aromatic N) is 2. The summed E-state index contributed by atoms with van der Waals surface area (Å²) in [5.41, 5.74) is 2.27. The molecule has 0 spiro atoms. The zero-order valence-corrected chi connectivity index (χ0v) is 11.5. The third kappa shape index (κ3) is 2.21. The monoisotopic (exact) mass is 283 g/mol. The van der Waals surface area contributed by atoms with Crippen molar-refractivity contribution < 1.29 is 4.79 Å². The van der Waals surface area contributed by atoms with E-state index >= 15 is 0 Å². The van der Waals surface area contributed by atoms with Crippen molar-refractivity contribution in [3.05, 3.63) is 36.4 Å². The maximum Gasteiger partial charge on any atom is 0.269 e. The lowest BCUT2D eigenvalue weighted by Gasteiger charge is -2.07. The van der Waals surface area contributed by atoms with Crippen molar-refractivity contribution >= 4 is 5.91 Å². The van der Waals surface area contributed by atoms with Gasteiger partial charge in [-0.1, -0.05) is 0 Å². The second-order valence-corrected chi connectivity index (χ2v) is 5.75. The Hall–Kier alpha value is -2.21. The molecule has 6 nitrogen and oxygen atoms in total. The summed E-state index contributed by atoms with van der Waals surface area (Å²) in [7, 11) is 0. The van der Waals surface area contributed by atoms with E-state index in [1.807, 2.05) is 12.1 Å². The van der Waals surface area contributed by atoms with E-state index < -0.39 is 0 Å². The first-order valence-electron chi connectivity index (χ1n) is 7.27. The maximum atomic E-state index is 12.3. The van der Waals surface area contributed by atoms with Crippen LogP contribution in [0, 0.1) is 17.8 Å². The van der Waals surface area contributed by atoms with E-state index in [1.165, 1.54) is 0 Å². The van der Waals surface area contributed by atoms with Gasteiger partial charge in [-0.05, 0) is 48.5 Å². The molecule has 1 amide bonds. The Labute approximate surface area is 122 Å². The van der Waals surface area contributed by atoms with Gasteiger partial charge in [0.15, 0.2) is 0 Å². The lowest BCUT2D eigenvalue weighted by Crippen LogP contribution is -2.29. The minimum absolute atomic E-state index is 0.0859. The summed E-state index contributed by atoms with van der Waals surface area (Å²) in [6, 6.07) is 3.75. The van der Waals surface area contributed by atoms with Crippen molar-refractivity contribution in [2.45, 2.75) is 0 Å². The van der Waals surface area contributed by atoms with Crippen LogP contribution in [0.25, 0.3) is 11.1 Å². The highest BCUT2D eigenvalue weighted by Crippen LogP contribution is 2.48. The normalized spacial score (nSPS) is 26.4. The van der Waals surface area contributed by atoms with Gasteiger partial charge in [-0.15, -0.1) is 0 Å². The molecule has 2 aromatic rings. The Kier molecular flexibility index (Phi) is 2.96. The van der Waals surface area contributed by atoms with Gasteiger partial charge in [0.2, 0.25) is 0 Å². The number of carbonyl (C=O) groups is 1. The summed E-state index contributed by atoms with van der Waals surface area (Å²) in [6.07, 6.45) is 5.10. The van der Waals surface area contributed by atoms with Crippen LogP contribution in [-0.2, 0) is 0 Å². The molecule has 0 bridgehead atoms. The molecule has 4 rings (SSSR count). The van der Waals surface area contributed by atoms with Crippen LogP contribution in [-0.4, -0.2) is 40.7 Å². The third-order valence-electron chi connectivity index (χ3n) is 4.63. The van der Waals surface area contributed by atoms with E-state index in [0.29, 0.717) is 11.6 Å². The summed E-state index contributed by atoms with van der Waals surface area (Å²) in [4.78, 5) is 16.3. The minimum Gasteiger partial charge on any atom is -0.350 e. The van der Waals surface area contributed by atoms with Crippen LogP contribution >= 0.6 is 0 Å². The number of hydrogen-bond acceptors (Lipinski definition) is 4. The molecule has 3 heterocycles. The minimum atomic E-state index is -0.0859. The quantitative estimate of drug-likeness (QED) is 0.770. The van der Waals surface area contributed by atoms with Crippen LogP contribution in [0.1, 0.15) is 10.5 Å². The first-order chi connectivity index (χ1) is 10.3. The van der Waals surface area contributed by atoms with Crippen LogP contribution in [0.4, 0.5) is 0 Å². The third-order valence-corrected chi connectivity index (χ3v) is 4.63. The van der Waals surface area contributed by atoms with Gasteiger partial charge in [-0.25, -0.2) is 0 Å². The van der Waals surface area contributed by atoms with Crippen molar-refractivity contribution in [3.8, 4) is 11.1 Å². The van der Waals surface area contributed by atoms with Gasteiger partial charge in [0.05, 0.1) is 6.20 Å². The van der Waals surface area contributed by atoms with Gasteiger partial charge in [0, 0.05) is 24.5 Å². The molecule has 2 fully saturated rings. The lowest BCUT2D eigenvalue weighted by atomic mass is 10.1. The molecule has 1 aliphatic heterocycles. The topological polar surface area (TPSA) is 82.7 Å². The smallest absolute Gasteiger partial charge is 0.269 e. The standard InChI is InChI=1S/C15H17N5O/c21-15(18-7-13-11-5-17-6-12(11)13)14-10(8-19-20-14)9-1-3-16-4-2-9/h1-4,8,11-13,17H,5-7H2,(H,18,21)(H,19,20)/t11-,12+,13?. The number of fused-ring (bicyclic) bond motifs is 1. The van der Waals surface area contributed by atoms with Crippen LogP contribution in [0.2, 0.25) is 0 Å². The first kappa shape index (κ1) is 12.5. The predicted octanol–water partition coefficient (Wildman–Crippen LogP) is 0.667. The molecule has 6 heteroatoms. The van der Waals surface area contributed by atoms with Crippen molar-refractivity contribution in [2.75, 3.05) is 19.6 Å². The number of pyridine rings is 1. The van der Waals surface area contributed by atoms with Gasteiger partial charge < -0.3 is 10.6 Å². The fourth-order valence-corrected chi connectivity index (χ4v) is 3.36. The number of carbonyl (C=O) groups excluding carboxylic acids is 1. The molecular formula is C15H17N5O. The van der Waals surface area contributed by atoms with Crippen LogP contribution in [0.3, 0.4) is 0 Å². The molecule has 1 unspecified atom stereocenters. The second kappa shape index (κ2) is 4.96. The van der Waals surface area contributed by atoms with Gasteiger partial charge in [0.25, 0.3) is 5.91 Å². The Bertz CT molecular complexity index is 643. The summed E-state index contributed by atoms with van der Waals surface area (Å²) >= 11 is 0. The summed E-state index contributed by atoms with van der Waals surface area (Å²) in [5, 5.41) is 13.2. The summed E-state index contributed by atoms with van der Waals surface area (Å²) in [6.45, 7) is 2.94. The molecule has 1 aliphatic carbocycles. The molecule has 2 aliphatic rings. The highest BCUT2D eigenvalue weighted by molar-refractivity contribution is 5.98. The van der Waals surface area contributed by atoms with Crippen molar-refractivity contribution in [3.63, 3.8) is 0 Å². The number of aromatic amines is 1. The lowest BCUT2D eigenvalue weighted by molar-refractivity contribution is 0.0946. The number of amides is 1. The molecule has 3 N–H and O–H groups in total.